The SMILES string of the molecule is N[I]N[I]P. The molecule has 0 aromatic carbocycles. The Morgan fingerprint density at radius 1 is 1.80 bits per heavy atom. The summed E-state index contributed by atoms with van der Waals surface area (Å²) in [4.78, 5) is 0. The molecule has 0 heterocycles. The summed E-state index contributed by atoms with van der Waals surface area (Å²) in [6.07, 6.45) is 0. The molecule has 5 heteroatoms. The summed E-state index contributed by atoms with van der Waals surface area (Å²) in [6.45, 7) is 2.65. The van der Waals surface area contributed by atoms with Gasteiger partial charge < -0.3 is 0 Å². The molecule has 0 bridgehead atoms. The summed E-state index contributed by atoms with van der Waals surface area (Å²) in [5.74, 6) is 0. The highest BCUT2D eigenvalue weighted by atomic mass is 127. The zero-order chi connectivity index (χ0) is 4.12. The van der Waals surface area contributed by atoms with Crippen LogP contribution in [-0.2, 0) is 0 Å². The fourth-order valence-corrected chi connectivity index (χ4v) is 3.21. The Labute approximate surface area is 54.8 Å². The Kier molecular flexibility index (Phi) is 7.91. The van der Waals surface area contributed by atoms with Gasteiger partial charge in [0.2, 0.25) is 0 Å². The highest BCUT2D eigenvalue weighted by Gasteiger charge is 1.64. The zero-order valence-electron chi connectivity index (χ0n) is 2.41. The number of hydrogen-bond acceptors (Lipinski definition) is 2. The molecule has 0 rings (SSSR count). The number of nitrogens with one attached hydrogen (secondary N) is 1. The van der Waals surface area contributed by atoms with Crippen LogP contribution >= 0.6 is 49.6 Å². The van der Waals surface area contributed by atoms with Crippen molar-refractivity contribution in [2.75, 3.05) is 0 Å². The van der Waals surface area contributed by atoms with E-state index in [1.807, 2.05) is 0 Å². The van der Waals surface area contributed by atoms with Gasteiger partial charge in [-0.3, -0.25) is 3.95 Å². The largest absolute Gasteiger partial charge is 0.270 e. The summed E-state index contributed by atoms with van der Waals surface area (Å²) < 4.78 is 8.22. The Hall–Kier alpha value is 1.81. The lowest BCUT2D eigenvalue weighted by Crippen LogP contribution is -1.82. The lowest BCUT2D eigenvalue weighted by Gasteiger charge is -1.83. The third-order valence-corrected chi connectivity index (χ3v) is 7.42. The smallest absolute Gasteiger partial charge is 0.0310 e. The van der Waals surface area contributed by atoms with Gasteiger partial charge in [0.05, 0.1) is 0 Å². The number of nitrogens with two attached hydrogens (primary N) is 1. The van der Waals surface area contributed by atoms with Crippen molar-refractivity contribution in [3.63, 3.8) is 0 Å². The fraction of sp³-hybridized carbons (Fsp3) is 0. The normalized spacial score (nSPS) is 8.40. The van der Waals surface area contributed by atoms with Crippen molar-refractivity contribution >= 4 is 49.6 Å². The van der Waals surface area contributed by atoms with Crippen LogP contribution in [0.3, 0.4) is 0 Å². The van der Waals surface area contributed by atoms with Gasteiger partial charge in [0.15, 0.2) is 0 Å². The molecule has 0 aromatic rings. The van der Waals surface area contributed by atoms with Gasteiger partial charge >= 0.3 is 0 Å². The molecule has 0 spiro atoms. The first-order valence-electron chi connectivity index (χ1n) is 0.814. The monoisotopic (exact) mass is 318 g/mol. The van der Waals surface area contributed by atoms with Crippen LogP contribution in [-0.4, -0.2) is 0 Å². The van der Waals surface area contributed by atoms with Crippen LogP contribution in [0, 0.1) is 0 Å². The maximum Gasteiger partial charge on any atom is 0.0310 e. The average Bonchev–Trinajstić information content (AvgIpc) is 1.41. The quantitative estimate of drug-likeness (QED) is 0.453. The predicted molar refractivity (Wildman–Crippen MR) is 45.1 cm³/mol. The summed E-state index contributed by atoms with van der Waals surface area (Å²) in [6, 6.07) is 0. The first-order chi connectivity index (χ1) is 2.41. The third kappa shape index (κ3) is 5.81. The van der Waals surface area contributed by atoms with Gasteiger partial charge in [0.25, 0.3) is 0 Å². The van der Waals surface area contributed by atoms with E-state index in [2.05, 4.69) is 8.63 Å². The van der Waals surface area contributed by atoms with E-state index in [1.165, 1.54) is 0 Å². The molecule has 0 aliphatic rings. The van der Waals surface area contributed by atoms with Gasteiger partial charge in [0, 0.05) is 21.8 Å². The van der Waals surface area contributed by atoms with E-state index >= 15 is 0 Å². The highest BCUT2D eigenvalue weighted by molar-refractivity contribution is 14.3. The summed E-state index contributed by atoms with van der Waals surface area (Å²) in [5.41, 5.74) is 0. The minimum atomic E-state index is -0.115. The summed E-state index contributed by atoms with van der Waals surface area (Å²) >= 11 is 0.0833. The van der Waals surface area contributed by atoms with Crippen LogP contribution in [0.5, 0.6) is 0 Å². The van der Waals surface area contributed by atoms with E-state index in [0.29, 0.717) is 0 Å². The molecule has 0 aliphatic heterocycles. The lowest BCUT2D eigenvalue weighted by molar-refractivity contribution is 1.97. The average molecular weight is 318 g/mol. The van der Waals surface area contributed by atoms with Gasteiger partial charge in [-0.1, -0.05) is 6.88 Å². The minimum Gasteiger partial charge on any atom is -0.270 e. The van der Waals surface area contributed by atoms with Crippen LogP contribution < -0.4 is 5.69 Å². The third-order valence-electron chi connectivity index (χ3n) is 0.0825. The molecule has 1 unspecified atom stereocenters. The number of rotatable bonds is 2. The van der Waals surface area contributed by atoms with Crippen LogP contribution in [0.1, 0.15) is 0 Å². The molecule has 0 amide bonds. The number of hydrogen-bond donors (Lipinski definition) is 2. The highest BCUT2D eigenvalue weighted by Crippen LogP contribution is 2.18. The Balaban J connectivity index is 2.19. The predicted octanol–water partition coefficient (Wildman–Crippen LogP) is 1.01. The summed E-state index contributed by atoms with van der Waals surface area (Å²) in [5, 5.41) is 0. The Bertz CT molecular complexity index is 15.1. The molecule has 2 nitrogen and oxygen atoms in total. The fourth-order valence-electron chi connectivity index (χ4n) is 0.0238. The first-order valence-corrected chi connectivity index (χ1v) is 8.39. The molecule has 0 aromatic heterocycles. The molecular weight excluding hydrogens is 313 g/mol. The van der Waals surface area contributed by atoms with Crippen LogP contribution in [0.15, 0.2) is 0 Å². The second-order valence-corrected chi connectivity index (χ2v) is 6.14. The second kappa shape index (κ2) is 5.81. The van der Waals surface area contributed by atoms with Crippen molar-refractivity contribution in [2.24, 2.45) is 3.95 Å². The second-order valence-electron chi connectivity index (χ2n) is 0.290. The van der Waals surface area contributed by atoms with E-state index in [9.17, 15) is 0 Å². The minimum absolute atomic E-state index is 0.115. The van der Waals surface area contributed by atoms with E-state index in [-0.39, 0.29) is 42.7 Å². The van der Waals surface area contributed by atoms with Crippen LogP contribution in [0.25, 0.3) is 0 Å². The van der Waals surface area contributed by atoms with Crippen molar-refractivity contribution in [3.05, 3.63) is 0 Å². The standard InChI is InChI=1S/H5I2N2P/c3-1-4-2-5/h4H,3,5H2. The van der Waals surface area contributed by atoms with Crippen molar-refractivity contribution in [2.45, 2.75) is 0 Å². The van der Waals surface area contributed by atoms with E-state index in [1.54, 1.807) is 0 Å². The van der Waals surface area contributed by atoms with Gasteiger partial charge in [0.1, 0.15) is 0 Å². The topological polar surface area (TPSA) is 38.0 Å². The molecule has 0 saturated heterocycles. The van der Waals surface area contributed by atoms with E-state index < -0.39 is 0 Å². The van der Waals surface area contributed by atoms with Crippen LogP contribution in [0.2, 0.25) is 0 Å². The molecule has 0 fully saturated rings. The maximum absolute atomic E-state index is 5.15. The molecular formula is H5I2N2P. The molecule has 3 N–H and O–H groups in total. The molecule has 34 valence electrons. The Morgan fingerprint density at radius 2 is 2.40 bits per heavy atom. The van der Waals surface area contributed by atoms with E-state index in [0.717, 1.165) is 0 Å². The Morgan fingerprint density at radius 3 is 2.40 bits per heavy atom. The van der Waals surface area contributed by atoms with Crippen molar-refractivity contribution in [1.29, 1.82) is 0 Å². The lowest BCUT2D eigenvalue weighted by atomic mass is 14.0. The van der Waals surface area contributed by atoms with Crippen molar-refractivity contribution in [1.82, 2.24) is 1.74 Å². The molecule has 0 saturated carbocycles. The molecule has 2 radical (unpaired) electrons. The number of halogens is 2. The molecule has 1 atom stereocenters. The first kappa shape index (κ1) is 6.81. The summed E-state index contributed by atoms with van der Waals surface area (Å²) in [7, 11) is 0. The van der Waals surface area contributed by atoms with Crippen molar-refractivity contribution < 1.29 is 0 Å². The van der Waals surface area contributed by atoms with Gasteiger partial charge in [-0.05, 0) is 20.9 Å². The zero-order valence-corrected chi connectivity index (χ0v) is 7.88. The van der Waals surface area contributed by atoms with Gasteiger partial charge in [-0.25, -0.2) is 1.74 Å². The molecule has 0 aliphatic carbocycles. The maximum atomic E-state index is 5.15. The van der Waals surface area contributed by atoms with Gasteiger partial charge in [-0.2, -0.15) is 0 Å². The van der Waals surface area contributed by atoms with Crippen molar-refractivity contribution in [3.8, 4) is 0 Å². The van der Waals surface area contributed by atoms with Gasteiger partial charge in [-0.15, -0.1) is 0 Å². The molecule has 5 heavy (non-hydrogen) atoms. The van der Waals surface area contributed by atoms with Crippen LogP contribution in [0.4, 0.5) is 0 Å². The van der Waals surface area contributed by atoms with E-state index in [4.69, 9.17) is 3.95 Å².